The van der Waals surface area contributed by atoms with Gasteiger partial charge in [-0.1, -0.05) is 0 Å². The van der Waals surface area contributed by atoms with Crippen molar-refractivity contribution >= 4 is 6.21 Å². The average Bonchev–Trinajstić information content (AvgIpc) is 2.40. The molecule has 2 rings (SSSR count). The van der Waals surface area contributed by atoms with Gasteiger partial charge in [-0.05, 0) is 69.9 Å². The molecule has 1 heterocycles. The van der Waals surface area contributed by atoms with E-state index in [0.29, 0.717) is 18.7 Å². The van der Waals surface area contributed by atoms with Crippen molar-refractivity contribution in [2.24, 2.45) is 5.10 Å². The maximum absolute atomic E-state index is 5.43. The Kier molecular flexibility index (Phi) is 4.83. The Morgan fingerprint density at radius 3 is 2.42 bits per heavy atom. The van der Waals surface area contributed by atoms with Crippen LogP contribution in [0.3, 0.4) is 0 Å². The van der Waals surface area contributed by atoms with Gasteiger partial charge in [0, 0.05) is 12.1 Å². The van der Waals surface area contributed by atoms with Crippen molar-refractivity contribution in [3.05, 3.63) is 29.8 Å². The Labute approximate surface area is 116 Å². The Hall–Kier alpha value is -1.51. The number of nitrogens with zero attached hydrogens (tertiary/aromatic N) is 2. The molecule has 19 heavy (non-hydrogen) atoms. The van der Waals surface area contributed by atoms with Gasteiger partial charge in [0.2, 0.25) is 0 Å². The molecule has 0 radical (unpaired) electrons. The summed E-state index contributed by atoms with van der Waals surface area (Å²) in [4.78, 5) is 0. The third-order valence-corrected chi connectivity index (χ3v) is 3.68. The van der Waals surface area contributed by atoms with Gasteiger partial charge in [0.05, 0.1) is 12.8 Å². The highest BCUT2D eigenvalue weighted by Crippen LogP contribution is 2.22. The summed E-state index contributed by atoms with van der Waals surface area (Å²) in [6.45, 7) is 7.21. The average molecular weight is 260 g/mol. The zero-order valence-corrected chi connectivity index (χ0v) is 12.2. The fourth-order valence-electron chi connectivity index (χ4n) is 2.59. The van der Waals surface area contributed by atoms with Crippen molar-refractivity contribution in [2.75, 3.05) is 6.61 Å². The number of ether oxygens (including phenoxy) is 1. The Morgan fingerprint density at radius 1 is 1.21 bits per heavy atom. The third-order valence-electron chi connectivity index (χ3n) is 3.68. The van der Waals surface area contributed by atoms with Crippen molar-refractivity contribution in [1.29, 1.82) is 0 Å². The summed E-state index contributed by atoms with van der Waals surface area (Å²) < 4.78 is 5.43. The first-order valence-electron chi connectivity index (χ1n) is 7.26. The second-order valence-electron chi connectivity index (χ2n) is 5.26. The highest BCUT2D eigenvalue weighted by atomic mass is 16.5. The minimum atomic E-state index is 0.544. The lowest BCUT2D eigenvalue weighted by molar-refractivity contribution is 0.109. The first kappa shape index (κ1) is 13.9. The maximum atomic E-state index is 5.43. The Morgan fingerprint density at radius 2 is 1.84 bits per heavy atom. The van der Waals surface area contributed by atoms with E-state index >= 15 is 0 Å². The molecule has 1 aromatic carbocycles. The number of rotatable bonds is 4. The van der Waals surface area contributed by atoms with Crippen LogP contribution in [-0.2, 0) is 0 Å². The number of benzene rings is 1. The lowest BCUT2D eigenvalue weighted by Gasteiger charge is -2.36. The van der Waals surface area contributed by atoms with Gasteiger partial charge in [0.15, 0.2) is 0 Å². The van der Waals surface area contributed by atoms with E-state index in [-0.39, 0.29) is 0 Å². The van der Waals surface area contributed by atoms with Gasteiger partial charge in [-0.15, -0.1) is 0 Å². The quantitative estimate of drug-likeness (QED) is 0.771. The van der Waals surface area contributed by atoms with Gasteiger partial charge in [0.25, 0.3) is 0 Å². The summed E-state index contributed by atoms with van der Waals surface area (Å²) in [6, 6.07) is 9.18. The van der Waals surface area contributed by atoms with Gasteiger partial charge in [-0.3, -0.25) is 5.01 Å². The molecule has 0 unspecified atom stereocenters. The first-order chi connectivity index (χ1) is 9.20. The van der Waals surface area contributed by atoms with Gasteiger partial charge in [-0.2, -0.15) is 5.10 Å². The van der Waals surface area contributed by atoms with E-state index in [1.165, 1.54) is 19.3 Å². The summed E-state index contributed by atoms with van der Waals surface area (Å²) in [5.41, 5.74) is 1.12. The number of hydrazone groups is 1. The Balaban J connectivity index is 2.00. The zero-order chi connectivity index (χ0) is 13.7. The van der Waals surface area contributed by atoms with E-state index in [4.69, 9.17) is 4.74 Å². The molecular weight excluding hydrogens is 236 g/mol. The van der Waals surface area contributed by atoms with Crippen LogP contribution in [0.2, 0.25) is 0 Å². The molecule has 1 aliphatic heterocycles. The molecule has 1 aliphatic rings. The highest BCUT2D eigenvalue weighted by Gasteiger charge is 2.22. The van der Waals surface area contributed by atoms with E-state index in [9.17, 15) is 0 Å². The van der Waals surface area contributed by atoms with Crippen molar-refractivity contribution < 1.29 is 4.74 Å². The Bertz CT molecular complexity index is 403. The van der Waals surface area contributed by atoms with E-state index in [0.717, 1.165) is 11.3 Å². The van der Waals surface area contributed by atoms with Gasteiger partial charge in [0.1, 0.15) is 5.75 Å². The van der Waals surface area contributed by atoms with Gasteiger partial charge in [-0.25, -0.2) is 0 Å². The van der Waals surface area contributed by atoms with Crippen LogP contribution in [0.25, 0.3) is 0 Å². The zero-order valence-electron chi connectivity index (χ0n) is 12.2. The largest absolute Gasteiger partial charge is 0.494 e. The standard InChI is InChI=1S/C16H24N2O/c1-4-19-16-10-8-15(9-11-16)12-17-18-13(2)6-5-7-14(18)3/h8-14H,4-7H2,1-3H3/b17-12-/t13-,14-/m0/s1. The summed E-state index contributed by atoms with van der Waals surface area (Å²) in [7, 11) is 0. The molecule has 1 saturated heterocycles. The topological polar surface area (TPSA) is 24.8 Å². The molecule has 0 amide bonds. The van der Waals surface area contributed by atoms with Gasteiger partial charge >= 0.3 is 0 Å². The first-order valence-corrected chi connectivity index (χ1v) is 7.26. The molecule has 0 N–H and O–H groups in total. The summed E-state index contributed by atoms with van der Waals surface area (Å²) in [5, 5.41) is 6.89. The van der Waals surface area contributed by atoms with E-state index in [1.54, 1.807) is 0 Å². The monoisotopic (exact) mass is 260 g/mol. The molecule has 1 fully saturated rings. The smallest absolute Gasteiger partial charge is 0.119 e. The van der Waals surface area contributed by atoms with Crippen LogP contribution in [0.5, 0.6) is 5.75 Å². The van der Waals surface area contributed by atoms with Crippen LogP contribution < -0.4 is 4.74 Å². The summed E-state index contributed by atoms with van der Waals surface area (Å²) >= 11 is 0. The second-order valence-corrected chi connectivity index (χ2v) is 5.26. The fraction of sp³-hybridized carbons (Fsp3) is 0.562. The SMILES string of the molecule is CCOc1ccc(/C=N\N2[C@@H](C)CCC[C@@H]2C)cc1. The fourth-order valence-corrected chi connectivity index (χ4v) is 2.59. The molecule has 3 nitrogen and oxygen atoms in total. The number of piperidine rings is 1. The second kappa shape index (κ2) is 6.60. The molecule has 0 spiro atoms. The minimum Gasteiger partial charge on any atom is -0.494 e. The number of hydrogen-bond donors (Lipinski definition) is 0. The molecule has 2 atom stereocenters. The third kappa shape index (κ3) is 3.72. The summed E-state index contributed by atoms with van der Waals surface area (Å²) in [5.74, 6) is 0.916. The molecule has 0 saturated carbocycles. The van der Waals surface area contributed by atoms with Crippen LogP contribution in [0.4, 0.5) is 0 Å². The molecule has 3 heteroatoms. The molecule has 104 valence electrons. The predicted molar refractivity (Wildman–Crippen MR) is 79.8 cm³/mol. The van der Waals surface area contributed by atoms with E-state index in [2.05, 4.69) is 24.0 Å². The van der Waals surface area contributed by atoms with Crippen LogP contribution in [-0.4, -0.2) is 29.9 Å². The van der Waals surface area contributed by atoms with Crippen molar-refractivity contribution in [2.45, 2.75) is 52.1 Å². The molecule has 1 aromatic rings. The molecule has 0 aliphatic carbocycles. The number of hydrogen-bond acceptors (Lipinski definition) is 3. The predicted octanol–water partition coefficient (Wildman–Crippen LogP) is 3.68. The van der Waals surface area contributed by atoms with Crippen LogP contribution in [0.15, 0.2) is 29.4 Å². The normalized spacial score (nSPS) is 23.8. The highest BCUT2D eigenvalue weighted by molar-refractivity contribution is 5.79. The van der Waals surface area contributed by atoms with Crippen molar-refractivity contribution in [3.8, 4) is 5.75 Å². The van der Waals surface area contributed by atoms with Crippen molar-refractivity contribution in [3.63, 3.8) is 0 Å². The lowest BCUT2D eigenvalue weighted by atomic mass is 10.00. The van der Waals surface area contributed by atoms with E-state index in [1.807, 2.05) is 37.4 Å². The molecule has 0 bridgehead atoms. The maximum Gasteiger partial charge on any atom is 0.119 e. The summed E-state index contributed by atoms with van der Waals surface area (Å²) in [6.07, 6.45) is 5.75. The van der Waals surface area contributed by atoms with E-state index < -0.39 is 0 Å². The molecule has 0 aromatic heterocycles. The van der Waals surface area contributed by atoms with Crippen LogP contribution in [0, 0.1) is 0 Å². The molecular formula is C16H24N2O. The van der Waals surface area contributed by atoms with Gasteiger partial charge < -0.3 is 4.74 Å². The lowest BCUT2D eigenvalue weighted by Crippen LogP contribution is -2.39. The van der Waals surface area contributed by atoms with Crippen LogP contribution >= 0.6 is 0 Å². The minimum absolute atomic E-state index is 0.544. The van der Waals surface area contributed by atoms with Crippen molar-refractivity contribution in [1.82, 2.24) is 5.01 Å². The van der Waals surface area contributed by atoms with Crippen LogP contribution in [0.1, 0.15) is 45.6 Å².